The normalized spacial score (nSPS) is 11.3. The Morgan fingerprint density at radius 2 is 2.00 bits per heavy atom. The molecule has 3 nitrogen and oxygen atoms in total. The van der Waals surface area contributed by atoms with Gasteiger partial charge in [-0.25, -0.2) is 0 Å². The molecule has 0 aliphatic rings. The zero-order valence-electron chi connectivity index (χ0n) is 11.6. The number of amides is 1. The van der Waals surface area contributed by atoms with Crippen LogP contribution in [0.3, 0.4) is 0 Å². The summed E-state index contributed by atoms with van der Waals surface area (Å²) >= 11 is 0. The van der Waals surface area contributed by atoms with E-state index in [0.717, 1.165) is 6.42 Å². The van der Waals surface area contributed by atoms with Gasteiger partial charge in [0.05, 0.1) is 0 Å². The van der Waals surface area contributed by atoms with E-state index >= 15 is 0 Å². The highest BCUT2D eigenvalue weighted by Gasteiger charge is 2.25. The van der Waals surface area contributed by atoms with Gasteiger partial charge in [0.2, 0.25) is 5.91 Å². The van der Waals surface area contributed by atoms with Crippen LogP contribution in [-0.2, 0) is 11.2 Å². The highest BCUT2D eigenvalue weighted by Crippen LogP contribution is 2.19. The van der Waals surface area contributed by atoms with Gasteiger partial charge in [0.1, 0.15) is 0 Å². The predicted octanol–water partition coefficient (Wildman–Crippen LogP) is 2.03. The first-order valence-corrected chi connectivity index (χ1v) is 6.50. The second-order valence-corrected chi connectivity index (χ2v) is 5.35. The molecule has 3 N–H and O–H groups in total. The maximum Gasteiger partial charge on any atom is 0.225 e. The van der Waals surface area contributed by atoms with Crippen molar-refractivity contribution < 1.29 is 4.79 Å². The van der Waals surface area contributed by atoms with Crippen LogP contribution in [-0.4, -0.2) is 19.0 Å². The van der Waals surface area contributed by atoms with E-state index in [0.29, 0.717) is 19.5 Å². The van der Waals surface area contributed by atoms with Crippen LogP contribution < -0.4 is 11.1 Å². The Kier molecular flexibility index (Phi) is 5.35. The summed E-state index contributed by atoms with van der Waals surface area (Å²) in [4.78, 5) is 12.0. The number of nitrogens with one attached hydrogen (secondary N) is 1. The third-order valence-electron chi connectivity index (χ3n) is 3.33. The maximum absolute atomic E-state index is 12.0. The molecule has 3 heteroatoms. The molecule has 0 saturated heterocycles. The third kappa shape index (κ3) is 4.15. The SMILES string of the molecule is Cc1ccccc1CCNC(=O)C(C)(C)CCN. The average Bonchev–Trinajstić information content (AvgIpc) is 2.31. The van der Waals surface area contributed by atoms with E-state index in [2.05, 4.69) is 24.4 Å². The third-order valence-corrected chi connectivity index (χ3v) is 3.33. The zero-order chi connectivity index (χ0) is 13.6. The first-order valence-electron chi connectivity index (χ1n) is 6.50. The molecule has 0 aliphatic carbocycles. The topological polar surface area (TPSA) is 55.1 Å². The van der Waals surface area contributed by atoms with Crippen LogP contribution in [0.1, 0.15) is 31.4 Å². The fraction of sp³-hybridized carbons (Fsp3) is 0.533. The molecule has 0 aromatic heterocycles. The molecule has 18 heavy (non-hydrogen) atoms. The van der Waals surface area contributed by atoms with Gasteiger partial charge in [-0.15, -0.1) is 0 Å². The van der Waals surface area contributed by atoms with Crippen molar-refractivity contribution in [2.24, 2.45) is 11.1 Å². The van der Waals surface area contributed by atoms with E-state index in [1.165, 1.54) is 11.1 Å². The summed E-state index contributed by atoms with van der Waals surface area (Å²) in [5.74, 6) is 0.0848. The smallest absolute Gasteiger partial charge is 0.225 e. The Bertz CT molecular complexity index is 399. The molecule has 0 radical (unpaired) electrons. The summed E-state index contributed by atoms with van der Waals surface area (Å²) in [5, 5.41) is 2.99. The molecule has 1 aromatic carbocycles. The average molecular weight is 248 g/mol. The largest absolute Gasteiger partial charge is 0.355 e. The summed E-state index contributed by atoms with van der Waals surface area (Å²) in [5.41, 5.74) is 7.70. The Morgan fingerprint density at radius 3 is 2.61 bits per heavy atom. The van der Waals surface area contributed by atoms with E-state index in [1.54, 1.807) is 0 Å². The van der Waals surface area contributed by atoms with E-state index in [1.807, 2.05) is 26.0 Å². The van der Waals surface area contributed by atoms with E-state index in [9.17, 15) is 4.79 Å². The van der Waals surface area contributed by atoms with Gasteiger partial charge < -0.3 is 11.1 Å². The molecule has 100 valence electrons. The predicted molar refractivity (Wildman–Crippen MR) is 75.3 cm³/mol. The lowest BCUT2D eigenvalue weighted by Gasteiger charge is -2.22. The minimum Gasteiger partial charge on any atom is -0.355 e. The Balaban J connectivity index is 2.43. The first kappa shape index (κ1) is 14.7. The van der Waals surface area contributed by atoms with Gasteiger partial charge in [0.15, 0.2) is 0 Å². The fourth-order valence-electron chi connectivity index (χ4n) is 1.91. The molecular weight excluding hydrogens is 224 g/mol. The molecule has 0 atom stereocenters. The van der Waals surface area contributed by atoms with Crippen LogP contribution in [0.2, 0.25) is 0 Å². The van der Waals surface area contributed by atoms with Gasteiger partial charge in [-0.1, -0.05) is 38.1 Å². The number of hydrogen-bond donors (Lipinski definition) is 2. The van der Waals surface area contributed by atoms with Gasteiger partial charge in [-0.3, -0.25) is 4.79 Å². The van der Waals surface area contributed by atoms with E-state index < -0.39 is 0 Å². The monoisotopic (exact) mass is 248 g/mol. The fourth-order valence-corrected chi connectivity index (χ4v) is 1.91. The lowest BCUT2D eigenvalue weighted by atomic mass is 9.88. The minimum atomic E-state index is -0.375. The van der Waals surface area contributed by atoms with Crippen molar-refractivity contribution in [2.75, 3.05) is 13.1 Å². The molecule has 0 bridgehead atoms. The van der Waals surface area contributed by atoms with Crippen molar-refractivity contribution in [3.05, 3.63) is 35.4 Å². The summed E-state index contributed by atoms with van der Waals surface area (Å²) in [6.45, 7) is 7.18. The van der Waals surface area contributed by atoms with Crippen molar-refractivity contribution in [1.29, 1.82) is 0 Å². The van der Waals surface area contributed by atoms with E-state index in [4.69, 9.17) is 5.73 Å². The quantitative estimate of drug-likeness (QED) is 0.809. The molecule has 0 spiro atoms. The van der Waals surface area contributed by atoms with Gasteiger partial charge in [-0.2, -0.15) is 0 Å². The Hall–Kier alpha value is -1.35. The van der Waals surface area contributed by atoms with Gasteiger partial charge in [-0.05, 0) is 37.4 Å². The highest BCUT2D eigenvalue weighted by molar-refractivity contribution is 5.81. The molecule has 1 aromatic rings. The van der Waals surface area contributed by atoms with Gasteiger partial charge in [0.25, 0.3) is 0 Å². The minimum absolute atomic E-state index is 0.0848. The van der Waals surface area contributed by atoms with Crippen LogP contribution in [0.25, 0.3) is 0 Å². The van der Waals surface area contributed by atoms with Crippen molar-refractivity contribution >= 4 is 5.91 Å². The number of aryl methyl sites for hydroxylation is 1. The summed E-state index contributed by atoms with van der Waals surface area (Å²) in [6.07, 6.45) is 1.58. The van der Waals surface area contributed by atoms with Crippen molar-refractivity contribution in [2.45, 2.75) is 33.6 Å². The van der Waals surface area contributed by atoms with E-state index in [-0.39, 0.29) is 11.3 Å². The summed E-state index contributed by atoms with van der Waals surface area (Å²) in [7, 11) is 0. The molecular formula is C15H24N2O. The molecule has 0 heterocycles. The summed E-state index contributed by atoms with van der Waals surface area (Å²) in [6, 6.07) is 8.26. The maximum atomic E-state index is 12.0. The van der Waals surface area contributed by atoms with Crippen LogP contribution in [0, 0.1) is 12.3 Å². The number of benzene rings is 1. The van der Waals surface area contributed by atoms with Crippen LogP contribution in [0.15, 0.2) is 24.3 Å². The number of hydrogen-bond acceptors (Lipinski definition) is 2. The van der Waals surface area contributed by atoms with Crippen LogP contribution >= 0.6 is 0 Å². The number of carbonyl (C=O) groups excluding carboxylic acids is 1. The van der Waals surface area contributed by atoms with Crippen molar-refractivity contribution in [3.63, 3.8) is 0 Å². The van der Waals surface area contributed by atoms with Crippen molar-refractivity contribution in [3.8, 4) is 0 Å². The van der Waals surface area contributed by atoms with Crippen LogP contribution in [0.5, 0.6) is 0 Å². The molecule has 1 rings (SSSR count). The Labute approximate surface area is 110 Å². The number of carbonyl (C=O) groups is 1. The van der Waals surface area contributed by atoms with Crippen LogP contribution in [0.4, 0.5) is 0 Å². The zero-order valence-corrected chi connectivity index (χ0v) is 11.6. The van der Waals surface area contributed by atoms with Crippen molar-refractivity contribution in [1.82, 2.24) is 5.32 Å². The number of rotatable bonds is 6. The molecule has 0 aliphatic heterocycles. The standard InChI is InChI=1S/C15H24N2O/c1-12-6-4-5-7-13(12)8-11-17-14(18)15(2,3)9-10-16/h4-7H,8-11,16H2,1-3H3,(H,17,18). The first-order chi connectivity index (χ1) is 8.47. The molecule has 0 fully saturated rings. The number of nitrogens with two attached hydrogens (primary N) is 1. The highest BCUT2D eigenvalue weighted by atomic mass is 16.2. The van der Waals surface area contributed by atoms with Gasteiger partial charge in [0, 0.05) is 12.0 Å². The lowest BCUT2D eigenvalue weighted by molar-refractivity contribution is -0.129. The molecule has 1 amide bonds. The second kappa shape index (κ2) is 6.55. The lowest BCUT2D eigenvalue weighted by Crippen LogP contribution is -2.39. The second-order valence-electron chi connectivity index (χ2n) is 5.35. The Morgan fingerprint density at radius 1 is 1.33 bits per heavy atom. The molecule has 0 unspecified atom stereocenters. The van der Waals surface area contributed by atoms with Gasteiger partial charge >= 0.3 is 0 Å². The molecule has 0 saturated carbocycles. The summed E-state index contributed by atoms with van der Waals surface area (Å²) < 4.78 is 0.